The second kappa shape index (κ2) is 5.97. The van der Waals surface area contributed by atoms with Gasteiger partial charge in [0.05, 0.1) is 16.7 Å². The van der Waals surface area contributed by atoms with Gasteiger partial charge in [0.2, 0.25) is 5.95 Å². The zero-order valence-electron chi connectivity index (χ0n) is 13.8. The molecule has 5 aromatic rings. The number of fused-ring (bicyclic) bond motifs is 3. The van der Waals surface area contributed by atoms with Crippen molar-refractivity contribution < 1.29 is 0 Å². The lowest BCUT2D eigenvalue weighted by Gasteiger charge is -2.09. The third-order valence-corrected chi connectivity index (χ3v) is 4.73. The topological polar surface area (TPSA) is 30.7 Å². The smallest absolute Gasteiger partial charge is 0.236 e. The molecule has 0 saturated carbocycles. The Bertz CT molecular complexity index is 1190. The van der Waals surface area contributed by atoms with Gasteiger partial charge in [-0.05, 0) is 12.1 Å². The Morgan fingerprint density at radius 3 is 1.88 bits per heavy atom. The molecule has 5 rings (SSSR count). The first-order chi connectivity index (χ1) is 12.8. The Balaban J connectivity index is 1.84. The summed E-state index contributed by atoms with van der Waals surface area (Å²) in [7, 11) is 0. The quantitative estimate of drug-likeness (QED) is 0.369. The molecule has 3 aromatic carbocycles. The molecule has 0 amide bonds. The molecule has 2 heterocycles. The van der Waals surface area contributed by atoms with Gasteiger partial charge >= 0.3 is 0 Å². The Labute approximate surface area is 155 Å². The minimum atomic E-state index is 0.427. The van der Waals surface area contributed by atoms with E-state index in [0.717, 1.165) is 22.3 Å². The molecule has 0 saturated heterocycles. The van der Waals surface area contributed by atoms with Gasteiger partial charge in [-0.3, -0.25) is 4.57 Å². The lowest BCUT2D eigenvalue weighted by Crippen LogP contribution is -2.02. The summed E-state index contributed by atoms with van der Waals surface area (Å²) in [5.41, 5.74) is 3.95. The first kappa shape index (κ1) is 15.1. The lowest BCUT2D eigenvalue weighted by molar-refractivity contribution is 0.992. The molecule has 0 bridgehead atoms. The highest BCUT2D eigenvalue weighted by Gasteiger charge is 2.15. The van der Waals surface area contributed by atoms with Crippen LogP contribution in [0.4, 0.5) is 0 Å². The van der Waals surface area contributed by atoms with E-state index in [4.69, 9.17) is 16.6 Å². The summed E-state index contributed by atoms with van der Waals surface area (Å²) in [5, 5.41) is 2.77. The predicted octanol–water partition coefficient (Wildman–Crippen LogP) is 5.89. The van der Waals surface area contributed by atoms with Crippen molar-refractivity contribution in [1.29, 1.82) is 0 Å². The normalized spacial score (nSPS) is 11.3. The molecule has 0 aliphatic rings. The van der Waals surface area contributed by atoms with E-state index < -0.39 is 0 Å². The van der Waals surface area contributed by atoms with Crippen molar-refractivity contribution in [2.45, 2.75) is 0 Å². The van der Waals surface area contributed by atoms with E-state index >= 15 is 0 Å². The first-order valence-electron chi connectivity index (χ1n) is 8.40. The van der Waals surface area contributed by atoms with E-state index in [1.54, 1.807) is 6.07 Å². The van der Waals surface area contributed by atoms with Crippen molar-refractivity contribution in [3.05, 3.63) is 90.1 Å². The van der Waals surface area contributed by atoms with Gasteiger partial charge in [-0.1, -0.05) is 78.3 Å². The van der Waals surface area contributed by atoms with Crippen LogP contribution < -0.4 is 0 Å². The minimum Gasteiger partial charge on any atom is -0.278 e. The summed E-state index contributed by atoms with van der Waals surface area (Å²) >= 11 is 6.35. The molecule has 3 nitrogen and oxygen atoms in total. The average molecular weight is 356 g/mol. The van der Waals surface area contributed by atoms with Crippen LogP contribution in [0.2, 0.25) is 5.15 Å². The van der Waals surface area contributed by atoms with Crippen LogP contribution in [0, 0.1) is 0 Å². The Morgan fingerprint density at radius 2 is 1.23 bits per heavy atom. The molecule has 2 aromatic heterocycles. The van der Waals surface area contributed by atoms with Gasteiger partial charge in [0.1, 0.15) is 5.15 Å². The molecule has 0 spiro atoms. The SMILES string of the molecule is Clc1cc(-c2ccccc2)nc(-n2c3ccccc3c3ccccc32)n1. The van der Waals surface area contributed by atoms with Gasteiger partial charge in [0, 0.05) is 22.4 Å². The summed E-state index contributed by atoms with van der Waals surface area (Å²) in [5.74, 6) is 0.578. The van der Waals surface area contributed by atoms with Crippen molar-refractivity contribution >= 4 is 33.4 Å². The summed E-state index contributed by atoms with van der Waals surface area (Å²) in [6, 6.07) is 28.4. The number of aromatic nitrogens is 3. The van der Waals surface area contributed by atoms with Crippen LogP contribution in [-0.4, -0.2) is 14.5 Å². The number of hydrogen-bond acceptors (Lipinski definition) is 2. The summed E-state index contributed by atoms with van der Waals surface area (Å²) < 4.78 is 2.07. The molecular formula is C22H14ClN3. The Kier molecular flexibility index (Phi) is 3.47. The fourth-order valence-corrected chi connectivity index (χ4v) is 3.58. The summed E-state index contributed by atoms with van der Waals surface area (Å²) in [4.78, 5) is 9.33. The van der Waals surface area contributed by atoms with Crippen molar-refractivity contribution in [1.82, 2.24) is 14.5 Å². The number of hydrogen-bond donors (Lipinski definition) is 0. The highest BCUT2D eigenvalue weighted by atomic mass is 35.5. The zero-order valence-corrected chi connectivity index (χ0v) is 14.6. The Hall–Kier alpha value is -3.17. The van der Waals surface area contributed by atoms with Crippen LogP contribution >= 0.6 is 11.6 Å². The third kappa shape index (κ3) is 2.37. The van der Waals surface area contributed by atoms with Crippen molar-refractivity contribution in [3.63, 3.8) is 0 Å². The molecule has 0 fully saturated rings. The summed E-state index contributed by atoms with van der Waals surface area (Å²) in [6.07, 6.45) is 0. The fourth-order valence-electron chi connectivity index (χ4n) is 3.40. The van der Waals surface area contributed by atoms with E-state index in [2.05, 4.69) is 33.8 Å². The molecule has 4 heteroatoms. The van der Waals surface area contributed by atoms with E-state index in [9.17, 15) is 0 Å². The number of halogens is 1. The van der Waals surface area contributed by atoms with Crippen LogP contribution in [-0.2, 0) is 0 Å². The van der Waals surface area contributed by atoms with E-state index in [-0.39, 0.29) is 0 Å². The monoisotopic (exact) mass is 355 g/mol. The minimum absolute atomic E-state index is 0.427. The Morgan fingerprint density at radius 1 is 0.654 bits per heavy atom. The van der Waals surface area contributed by atoms with Gasteiger partial charge in [-0.25, -0.2) is 9.97 Å². The number of para-hydroxylation sites is 2. The van der Waals surface area contributed by atoms with Crippen molar-refractivity contribution in [2.24, 2.45) is 0 Å². The lowest BCUT2D eigenvalue weighted by atomic mass is 10.1. The fraction of sp³-hybridized carbons (Fsp3) is 0. The van der Waals surface area contributed by atoms with Crippen molar-refractivity contribution in [2.75, 3.05) is 0 Å². The van der Waals surface area contributed by atoms with Gasteiger partial charge in [0.25, 0.3) is 0 Å². The molecule has 124 valence electrons. The molecule has 0 N–H and O–H groups in total. The molecule has 0 radical (unpaired) electrons. The molecular weight excluding hydrogens is 342 g/mol. The maximum atomic E-state index is 6.35. The van der Waals surface area contributed by atoms with Crippen LogP contribution in [0.5, 0.6) is 0 Å². The molecule has 0 atom stereocenters. The molecule has 0 aliphatic heterocycles. The molecule has 0 unspecified atom stereocenters. The molecule has 0 aliphatic carbocycles. The van der Waals surface area contributed by atoms with E-state index in [1.807, 2.05) is 54.6 Å². The van der Waals surface area contributed by atoms with Crippen molar-refractivity contribution in [3.8, 4) is 17.2 Å². The predicted molar refractivity (Wildman–Crippen MR) is 107 cm³/mol. The second-order valence-electron chi connectivity index (χ2n) is 6.11. The zero-order chi connectivity index (χ0) is 17.5. The maximum Gasteiger partial charge on any atom is 0.236 e. The summed E-state index contributed by atoms with van der Waals surface area (Å²) in [6.45, 7) is 0. The van der Waals surface area contributed by atoms with Crippen LogP contribution in [0.1, 0.15) is 0 Å². The highest BCUT2D eigenvalue weighted by Crippen LogP contribution is 2.31. The van der Waals surface area contributed by atoms with Crippen LogP contribution in [0.25, 0.3) is 39.0 Å². The molecule has 26 heavy (non-hydrogen) atoms. The van der Waals surface area contributed by atoms with Gasteiger partial charge in [-0.2, -0.15) is 0 Å². The van der Waals surface area contributed by atoms with Crippen LogP contribution in [0.3, 0.4) is 0 Å². The number of benzene rings is 3. The largest absolute Gasteiger partial charge is 0.278 e. The third-order valence-electron chi connectivity index (χ3n) is 4.53. The van der Waals surface area contributed by atoms with Gasteiger partial charge in [0.15, 0.2) is 0 Å². The number of nitrogens with zero attached hydrogens (tertiary/aromatic N) is 3. The first-order valence-corrected chi connectivity index (χ1v) is 8.77. The second-order valence-corrected chi connectivity index (χ2v) is 6.50. The number of rotatable bonds is 2. The van der Waals surface area contributed by atoms with Gasteiger partial charge < -0.3 is 0 Å². The average Bonchev–Trinajstić information content (AvgIpc) is 3.03. The van der Waals surface area contributed by atoms with E-state index in [0.29, 0.717) is 11.1 Å². The van der Waals surface area contributed by atoms with E-state index in [1.165, 1.54) is 10.8 Å². The standard InChI is InChI=1S/C22H14ClN3/c23-21-14-18(15-8-2-1-3-9-15)24-22(25-21)26-19-12-6-4-10-16(19)17-11-5-7-13-20(17)26/h1-14H. The highest BCUT2D eigenvalue weighted by molar-refractivity contribution is 6.29. The van der Waals surface area contributed by atoms with Gasteiger partial charge in [-0.15, -0.1) is 0 Å². The maximum absolute atomic E-state index is 6.35. The van der Waals surface area contributed by atoms with Crippen LogP contribution in [0.15, 0.2) is 84.9 Å².